The molecule has 108 valence electrons. The van der Waals surface area contributed by atoms with E-state index in [0.717, 1.165) is 11.1 Å². The monoisotopic (exact) mass is 319 g/mol. The van der Waals surface area contributed by atoms with E-state index in [9.17, 15) is 4.79 Å². The highest BCUT2D eigenvalue weighted by molar-refractivity contribution is 6.39. The van der Waals surface area contributed by atoms with Gasteiger partial charge in [-0.05, 0) is 34.9 Å². The molecule has 0 saturated carbocycles. The molecule has 21 heavy (non-hydrogen) atoms. The highest BCUT2D eigenvalue weighted by Crippen LogP contribution is 2.36. The molecule has 0 atom stereocenters. The second kappa shape index (κ2) is 5.70. The van der Waals surface area contributed by atoms with Gasteiger partial charge in [0.1, 0.15) is 0 Å². The number of fused-ring (bicyclic) bond motifs is 1. The van der Waals surface area contributed by atoms with E-state index in [-0.39, 0.29) is 5.91 Å². The van der Waals surface area contributed by atoms with Crippen LogP contribution < -0.4 is 0 Å². The van der Waals surface area contributed by atoms with E-state index in [1.54, 1.807) is 0 Å². The second-order valence-electron chi connectivity index (χ2n) is 5.18. The molecular weight excluding hydrogens is 305 g/mol. The number of hydrogen-bond donors (Lipinski definition) is 0. The summed E-state index contributed by atoms with van der Waals surface area (Å²) in [7, 11) is 0. The first-order valence-electron chi connectivity index (χ1n) is 6.94. The summed E-state index contributed by atoms with van der Waals surface area (Å²) in [5, 5.41) is 1.28. The number of nitrogens with zero attached hydrogens (tertiary/aromatic N) is 1. The zero-order chi connectivity index (χ0) is 15.0. The fourth-order valence-corrected chi connectivity index (χ4v) is 3.34. The van der Waals surface area contributed by atoms with Crippen LogP contribution in [0.1, 0.15) is 24.5 Å². The number of hydrogen-bond acceptors (Lipinski definition) is 1. The summed E-state index contributed by atoms with van der Waals surface area (Å²) in [5.41, 5.74) is 4.22. The molecule has 0 unspecified atom stereocenters. The Bertz CT molecular complexity index is 692. The van der Waals surface area contributed by atoms with Crippen molar-refractivity contribution in [2.75, 3.05) is 0 Å². The van der Waals surface area contributed by atoms with Gasteiger partial charge in [-0.1, -0.05) is 48.3 Å². The molecule has 3 rings (SSSR count). The third kappa shape index (κ3) is 2.66. The van der Waals surface area contributed by atoms with Crippen molar-refractivity contribution in [3.05, 3.63) is 57.6 Å². The largest absolute Gasteiger partial charge is 0.334 e. The van der Waals surface area contributed by atoms with Crippen LogP contribution in [-0.4, -0.2) is 10.8 Å². The van der Waals surface area contributed by atoms with Gasteiger partial charge in [-0.15, -0.1) is 0 Å². The highest BCUT2D eigenvalue weighted by Gasteiger charge is 2.23. The van der Waals surface area contributed by atoms with Crippen LogP contribution in [-0.2, 0) is 17.9 Å². The van der Waals surface area contributed by atoms with Gasteiger partial charge in [-0.25, -0.2) is 0 Å². The molecule has 2 nitrogen and oxygen atoms in total. The Morgan fingerprint density at radius 2 is 1.76 bits per heavy atom. The molecular formula is C17H15Cl2NO. The van der Waals surface area contributed by atoms with Crippen molar-refractivity contribution < 1.29 is 4.79 Å². The molecule has 0 N–H and O–H groups in total. The third-order valence-corrected chi connectivity index (χ3v) is 4.47. The van der Waals surface area contributed by atoms with Gasteiger partial charge in [-0.3, -0.25) is 4.79 Å². The Morgan fingerprint density at radius 1 is 1.10 bits per heavy atom. The Morgan fingerprint density at radius 3 is 2.43 bits per heavy atom. The number of carbonyl (C=O) groups is 1. The zero-order valence-corrected chi connectivity index (χ0v) is 13.2. The molecule has 0 aliphatic carbocycles. The molecule has 0 spiro atoms. The van der Waals surface area contributed by atoms with Crippen LogP contribution in [0.15, 0.2) is 36.4 Å². The van der Waals surface area contributed by atoms with Crippen molar-refractivity contribution in [1.29, 1.82) is 0 Å². The Hall–Kier alpha value is -1.51. The maximum absolute atomic E-state index is 11.8. The molecule has 0 saturated heterocycles. The molecule has 2 aromatic rings. The maximum atomic E-state index is 11.8. The van der Waals surface area contributed by atoms with Gasteiger partial charge < -0.3 is 4.90 Å². The molecule has 0 aromatic heterocycles. The average molecular weight is 320 g/mol. The molecule has 2 aromatic carbocycles. The minimum absolute atomic E-state index is 0.184. The standard InChI is InChI=1S/C17H15Cl2NO/c1-2-16(21)20-9-12-7-6-11(8-13(12)10-20)17-14(18)4-3-5-15(17)19/h3-8H,2,9-10H2,1H3. The van der Waals surface area contributed by atoms with Crippen LogP contribution >= 0.6 is 23.2 Å². The predicted octanol–water partition coefficient (Wildman–Crippen LogP) is 4.91. The third-order valence-electron chi connectivity index (χ3n) is 3.84. The van der Waals surface area contributed by atoms with Crippen molar-refractivity contribution in [3.63, 3.8) is 0 Å². The molecule has 0 fully saturated rings. The van der Waals surface area contributed by atoms with E-state index < -0.39 is 0 Å². The predicted molar refractivity (Wildman–Crippen MR) is 86.4 cm³/mol. The number of halogens is 2. The molecule has 1 amide bonds. The SMILES string of the molecule is CCC(=O)N1Cc2ccc(-c3c(Cl)cccc3Cl)cc2C1. The van der Waals surface area contributed by atoms with Crippen molar-refractivity contribution in [2.45, 2.75) is 26.4 Å². The fraction of sp³-hybridized carbons (Fsp3) is 0.235. The number of amides is 1. The number of rotatable bonds is 2. The van der Waals surface area contributed by atoms with E-state index in [4.69, 9.17) is 23.2 Å². The Labute approximate surface area is 134 Å². The summed E-state index contributed by atoms with van der Waals surface area (Å²) in [6.45, 7) is 3.25. The lowest BCUT2D eigenvalue weighted by Crippen LogP contribution is -2.23. The van der Waals surface area contributed by atoms with Gasteiger partial charge in [0.05, 0.1) is 0 Å². The molecule has 0 radical (unpaired) electrons. The van der Waals surface area contributed by atoms with Gasteiger partial charge in [0.15, 0.2) is 0 Å². The van der Waals surface area contributed by atoms with E-state index in [2.05, 4.69) is 12.1 Å². The van der Waals surface area contributed by atoms with Crippen molar-refractivity contribution in [1.82, 2.24) is 4.90 Å². The smallest absolute Gasteiger partial charge is 0.222 e. The van der Waals surface area contributed by atoms with Crippen LogP contribution in [0.25, 0.3) is 11.1 Å². The summed E-state index contributed by atoms with van der Waals surface area (Å²) >= 11 is 12.5. The first kappa shape index (κ1) is 14.4. The van der Waals surface area contributed by atoms with Crippen molar-refractivity contribution in [2.24, 2.45) is 0 Å². The summed E-state index contributed by atoms with van der Waals surface area (Å²) in [4.78, 5) is 13.7. The van der Waals surface area contributed by atoms with Gasteiger partial charge in [0, 0.05) is 35.1 Å². The number of carbonyl (C=O) groups excluding carboxylic acids is 1. The zero-order valence-electron chi connectivity index (χ0n) is 11.7. The van der Waals surface area contributed by atoms with E-state index in [0.29, 0.717) is 29.6 Å². The average Bonchev–Trinajstić information content (AvgIpc) is 2.89. The fourth-order valence-electron chi connectivity index (χ4n) is 2.72. The molecule has 1 aliphatic rings. The van der Waals surface area contributed by atoms with Gasteiger partial charge in [-0.2, -0.15) is 0 Å². The second-order valence-corrected chi connectivity index (χ2v) is 6.00. The maximum Gasteiger partial charge on any atom is 0.222 e. The Balaban J connectivity index is 1.98. The van der Waals surface area contributed by atoms with Crippen molar-refractivity contribution in [3.8, 4) is 11.1 Å². The van der Waals surface area contributed by atoms with Gasteiger partial charge >= 0.3 is 0 Å². The highest BCUT2D eigenvalue weighted by atomic mass is 35.5. The van der Waals surface area contributed by atoms with E-state index in [1.165, 1.54) is 11.1 Å². The summed E-state index contributed by atoms with van der Waals surface area (Å²) in [5.74, 6) is 0.184. The summed E-state index contributed by atoms with van der Waals surface area (Å²) in [6, 6.07) is 11.7. The summed E-state index contributed by atoms with van der Waals surface area (Å²) < 4.78 is 0. The first-order valence-corrected chi connectivity index (χ1v) is 7.69. The molecule has 1 aliphatic heterocycles. The topological polar surface area (TPSA) is 20.3 Å². The van der Waals surface area contributed by atoms with Crippen LogP contribution in [0, 0.1) is 0 Å². The summed E-state index contributed by atoms with van der Waals surface area (Å²) in [6.07, 6.45) is 0.539. The Kier molecular flexibility index (Phi) is 3.92. The lowest BCUT2D eigenvalue weighted by molar-refractivity contribution is -0.131. The lowest BCUT2D eigenvalue weighted by atomic mass is 10.0. The normalized spacial score (nSPS) is 13.4. The first-order chi connectivity index (χ1) is 10.1. The molecule has 0 bridgehead atoms. The van der Waals surface area contributed by atoms with Crippen molar-refractivity contribution >= 4 is 29.1 Å². The van der Waals surface area contributed by atoms with Crippen LogP contribution in [0.3, 0.4) is 0 Å². The van der Waals surface area contributed by atoms with Gasteiger partial charge in [0.2, 0.25) is 5.91 Å². The van der Waals surface area contributed by atoms with E-state index >= 15 is 0 Å². The minimum atomic E-state index is 0.184. The number of benzene rings is 2. The lowest BCUT2D eigenvalue weighted by Gasteiger charge is -2.13. The molecule has 4 heteroatoms. The molecule has 1 heterocycles. The quantitative estimate of drug-likeness (QED) is 0.770. The van der Waals surface area contributed by atoms with Crippen LogP contribution in [0.5, 0.6) is 0 Å². The van der Waals surface area contributed by atoms with E-state index in [1.807, 2.05) is 36.1 Å². The minimum Gasteiger partial charge on any atom is -0.334 e. The van der Waals surface area contributed by atoms with Crippen LogP contribution in [0.4, 0.5) is 0 Å². The van der Waals surface area contributed by atoms with Gasteiger partial charge in [0.25, 0.3) is 0 Å². The van der Waals surface area contributed by atoms with Crippen LogP contribution in [0.2, 0.25) is 10.0 Å².